The SMILES string of the molecule is CCC(C)C1C2CCC1C1C(NC(=O)c3c(C(F)F)nn(C)c3F)CCCC21. The minimum Gasteiger partial charge on any atom is -0.349 e. The average Bonchev–Trinajstić information content (AvgIpc) is 3.32. The van der Waals surface area contributed by atoms with Gasteiger partial charge in [0.15, 0.2) is 0 Å². The first-order chi connectivity index (χ1) is 13.3. The molecule has 3 saturated carbocycles. The van der Waals surface area contributed by atoms with Crippen LogP contribution in [0.15, 0.2) is 0 Å². The summed E-state index contributed by atoms with van der Waals surface area (Å²) in [6, 6.07) is -0.0572. The summed E-state index contributed by atoms with van der Waals surface area (Å²) < 4.78 is 41.6. The first-order valence-corrected chi connectivity index (χ1v) is 10.7. The fourth-order valence-electron chi connectivity index (χ4n) is 6.82. The number of hydrogen-bond donors (Lipinski definition) is 1. The molecule has 1 N–H and O–H groups in total. The van der Waals surface area contributed by atoms with E-state index in [1.165, 1.54) is 26.3 Å². The maximum atomic E-state index is 14.3. The predicted molar refractivity (Wildman–Crippen MR) is 99.4 cm³/mol. The second-order valence-electron chi connectivity index (χ2n) is 9.10. The third-order valence-corrected chi connectivity index (χ3v) is 7.93. The molecule has 4 nitrogen and oxygen atoms in total. The number of nitrogens with zero attached hydrogens (tertiary/aromatic N) is 2. The summed E-state index contributed by atoms with van der Waals surface area (Å²) in [7, 11) is 1.24. The van der Waals surface area contributed by atoms with E-state index in [1.54, 1.807) is 0 Å². The minimum atomic E-state index is -2.98. The van der Waals surface area contributed by atoms with Crippen molar-refractivity contribution in [3.8, 4) is 0 Å². The molecule has 0 aromatic carbocycles. The normalized spacial score (nSPS) is 35.2. The van der Waals surface area contributed by atoms with E-state index in [0.29, 0.717) is 29.6 Å². The Kier molecular flexibility index (Phi) is 5.21. The number of carbonyl (C=O) groups excluding carboxylic acids is 1. The van der Waals surface area contributed by atoms with Gasteiger partial charge in [0, 0.05) is 13.1 Å². The van der Waals surface area contributed by atoms with Gasteiger partial charge in [-0.05, 0) is 61.2 Å². The van der Waals surface area contributed by atoms with Gasteiger partial charge in [-0.2, -0.15) is 9.49 Å². The van der Waals surface area contributed by atoms with E-state index in [9.17, 15) is 18.0 Å². The van der Waals surface area contributed by atoms with Gasteiger partial charge in [-0.15, -0.1) is 0 Å². The van der Waals surface area contributed by atoms with Gasteiger partial charge in [0.2, 0.25) is 5.95 Å². The highest BCUT2D eigenvalue weighted by atomic mass is 19.3. The molecule has 0 radical (unpaired) electrons. The van der Waals surface area contributed by atoms with E-state index in [2.05, 4.69) is 24.3 Å². The van der Waals surface area contributed by atoms with Crippen LogP contribution in [0.1, 0.15) is 74.8 Å². The summed E-state index contributed by atoms with van der Waals surface area (Å²) in [6.45, 7) is 4.57. The molecule has 1 amide bonds. The van der Waals surface area contributed by atoms with Crippen LogP contribution >= 0.6 is 0 Å². The number of hydrogen-bond acceptors (Lipinski definition) is 2. The third-order valence-electron chi connectivity index (χ3n) is 7.93. The van der Waals surface area contributed by atoms with E-state index >= 15 is 0 Å². The van der Waals surface area contributed by atoms with Crippen molar-refractivity contribution in [1.29, 1.82) is 0 Å². The molecule has 3 aliphatic carbocycles. The molecule has 0 spiro atoms. The molecule has 2 bridgehead atoms. The molecule has 3 fully saturated rings. The molecule has 156 valence electrons. The molecule has 0 saturated heterocycles. The van der Waals surface area contributed by atoms with Crippen molar-refractivity contribution < 1.29 is 18.0 Å². The van der Waals surface area contributed by atoms with Crippen molar-refractivity contribution in [2.75, 3.05) is 0 Å². The Balaban J connectivity index is 1.57. The van der Waals surface area contributed by atoms with Crippen LogP contribution in [0, 0.1) is 41.5 Å². The summed E-state index contributed by atoms with van der Waals surface area (Å²) in [4.78, 5) is 12.8. The van der Waals surface area contributed by atoms with Crippen molar-refractivity contribution in [3.05, 3.63) is 17.2 Å². The standard InChI is InChI=1S/C21H30F3N3O/c1-4-10(2)15-12-8-9-13(15)16-11(12)6-5-7-14(16)25-21(28)17-18(19(22)23)26-27(3)20(17)24/h10-16,19H,4-9H2,1-3H3,(H,25,28). The molecular formula is C21H30F3N3O. The van der Waals surface area contributed by atoms with E-state index in [-0.39, 0.29) is 6.04 Å². The van der Waals surface area contributed by atoms with Gasteiger partial charge in [0.1, 0.15) is 11.3 Å². The molecule has 3 aliphatic rings. The number of aryl methyl sites for hydroxylation is 1. The van der Waals surface area contributed by atoms with Crippen molar-refractivity contribution >= 4 is 5.91 Å². The van der Waals surface area contributed by atoms with Crippen LogP contribution in [0.3, 0.4) is 0 Å². The Morgan fingerprint density at radius 3 is 2.61 bits per heavy atom. The zero-order chi connectivity index (χ0) is 20.2. The molecule has 7 heteroatoms. The van der Waals surface area contributed by atoms with Gasteiger partial charge in [-0.25, -0.2) is 13.5 Å². The van der Waals surface area contributed by atoms with Crippen LogP contribution in [0.5, 0.6) is 0 Å². The lowest BCUT2D eigenvalue weighted by Gasteiger charge is -2.41. The largest absolute Gasteiger partial charge is 0.349 e. The second kappa shape index (κ2) is 7.38. The number of aromatic nitrogens is 2. The number of amides is 1. The molecule has 1 aromatic rings. The predicted octanol–water partition coefficient (Wildman–Crippen LogP) is 4.71. The van der Waals surface area contributed by atoms with Gasteiger partial charge in [0.25, 0.3) is 12.3 Å². The number of alkyl halides is 2. The van der Waals surface area contributed by atoms with Crippen LogP contribution in [-0.2, 0) is 7.05 Å². The molecule has 0 aliphatic heterocycles. The topological polar surface area (TPSA) is 46.9 Å². The smallest absolute Gasteiger partial charge is 0.283 e. The van der Waals surface area contributed by atoms with Gasteiger partial charge in [-0.3, -0.25) is 4.79 Å². The molecule has 7 atom stereocenters. The summed E-state index contributed by atoms with van der Waals surface area (Å²) in [5.74, 6) is 1.93. The Morgan fingerprint density at radius 2 is 1.93 bits per heavy atom. The lowest BCUT2D eigenvalue weighted by atomic mass is 9.68. The fraction of sp³-hybridized carbons (Fsp3) is 0.810. The monoisotopic (exact) mass is 397 g/mol. The van der Waals surface area contributed by atoms with Gasteiger partial charge >= 0.3 is 0 Å². The first-order valence-electron chi connectivity index (χ1n) is 10.7. The Bertz CT molecular complexity index is 749. The minimum absolute atomic E-state index is 0.0572. The summed E-state index contributed by atoms with van der Waals surface area (Å²) in [5, 5.41) is 6.46. The second-order valence-corrected chi connectivity index (χ2v) is 9.10. The zero-order valence-electron chi connectivity index (χ0n) is 16.8. The molecule has 4 rings (SSSR count). The number of fused-ring (bicyclic) bond motifs is 5. The fourth-order valence-corrected chi connectivity index (χ4v) is 6.82. The van der Waals surface area contributed by atoms with Crippen molar-refractivity contribution in [3.63, 3.8) is 0 Å². The van der Waals surface area contributed by atoms with Crippen LogP contribution < -0.4 is 5.32 Å². The highest BCUT2D eigenvalue weighted by molar-refractivity contribution is 5.95. The quantitative estimate of drug-likeness (QED) is 0.782. The number of halogens is 3. The van der Waals surface area contributed by atoms with Crippen molar-refractivity contribution in [1.82, 2.24) is 15.1 Å². The van der Waals surface area contributed by atoms with Crippen LogP contribution in [0.25, 0.3) is 0 Å². The van der Waals surface area contributed by atoms with Gasteiger partial charge in [-0.1, -0.05) is 26.7 Å². The van der Waals surface area contributed by atoms with E-state index < -0.39 is 29.5 Å². The van der Waals surface area contributed by atoms with Crippen molar-refractivity contribution in [2.24, 2.45) is 42.6 Å². The van der Waals surface area contributed by atoms with Crippen LogP contribution in [0.2, 0.25) is 0 Å². The number of nitrogens with one attached hydrogen (secondary N) is 1. The third kappa shape index (κ3) is 2.96. The number of rotatable bonds is 5. The number of carbonyl (C=O) groups is 1. The van der Waals surface area contributed by atoms with E-state index in [4.69, 9.17) is 0 Å². The lowest BCUT2D eigenvalue weighted by Crippen LogP contribution is -2.47. The zero-order valence-corrected chi connectivity index (χ0v) is 16.8. The van der Waals surface area contributed by atoms with Gasteiger partial charge in [0.05, 0.1) is 0 Å². The summed E-state index contributed by atoms with van der Waals surface area (Å²) >= 11 is 0. The molecule has 1 aromatic heterocycles. The highest BCUT2D eigenvalue weighted by Crippen LogP contribution is 2.62. The first kappa shape index (κ1) is 19.8. The van der Waals surface area contributed by atoms with Gasteiger partial charge < -0.3 is 5.32 Å². The summed E-state index contributed by atoms with van der Waals surface area (Å²) in [6.07, 6.45) is 3.70. The summed E-state index contributed by atoms with van der Waals surface area (Å²) in [5.41, 5.74) is -1.36. The molecule has 1 heterocycles. The average molecular weight is 397 g/mol. The Hall–Kier alpha value is -1.53. The highest BCUT2D eigenvalue weighted by Gasteiger charge is 2.58. The van der Waals surface area contributed by atoms with Crippen LogP contribution in [-0.4, -0.2) is 21.7 Å². The maximum absolute atomic E-state index is 14.3. The molecular weight excluding hydrogens is 367 g/mol. The van der Waals surface area contributed by atoms with E-state index in [1.807, 2.05) is 0 Å². The molecule has 7 unspecified atom stereocenters. The Labute approximate surface area is 164 Å². The van der Waals surface area contributed by atoms with E-state index in [0.717, 1.165) is 29.9 Å². The van der Waals surface area contributed by atoms with Crippen molar-refractivity contribution in [2.45, 2.75) is 64.8 Å². The molecule has 28 heavy (non-hydrogen) atoms. The van der Waals surface area contributed by atoms with Crippen LogP contribution in [0.4, 0.5) is 13.2 Å². The Morgan fingerprint density at radius 1 is 1.21 bits per heavy atom. The maximum Gasteiger partial charge on any atom is 0.283 e. The lowest BCUT2D eigenvalue weighted by molar-refractivity contribution is 0.0784.